The van der Waals surface area contributed by atoms with Crippen LogP contribution in [-0.2, 0) is 14.2 Å². The van der Waals surface area contributed by atoms with Crippen LogP contribution < -0.4 is 14.9 Å². The lowest BCUT2D eigenvalue weighted by Crippen LogP contribution is -2.61. The SMILES string of the molecule is C[C@H]1O[C@@H](OC[C@H]2O[C@@H](Oc3c(-c4ccc(OCCO)c(O)c4)oc4cccc(O)c4c3=O)[C@H](O)[C@@H](O)[C@@H]2O)[C@@H](O)[C@@H](O)[C@@H]1O. The van der Waals surface area contributed by atoms with Crippen molar-refractivity contribution in [3.8, 4) is 34.3 Å². The number of aromatic hydroxyl groups is 2. The van der Waals surface area contributed by atoms with Crippen LogP contribution in [0, 0.1) is 0 Å². The van der Waals surface area contributed by atoms with Gasteiger partial charge in [-0.2, -0.15) is 0 Å². The molecule has 2 aliphatic rings. The highest BCUT2D eigenvalue weighted by molar-refractivity contribution is 5.87. The van der Waals surface area contributed by atoms with Crippen molar-refractivity contribution in [3.63, 3.8) is 0 Å². The van der Waals surface area contributed by atoms with Gasteiger partial charge in [-0.3, -0.25) is 4.79 Å². The fourth-order valence-corrected chi connectivity index (χ4v) is 5.05. The smallest absolute Gasteiger partial charge is 0.239 e. The molecule has 2 fully saturated rings. The quantitative estimate of drug-likeness (QED) is 0.126. The Hall–Kier alpha value is -3.55. The molecule has 0 bridgehead atoms. The minimum Gasteiger partial charge on any atom is -0.507 e. The van der Waals surface area contributed by atoms with Crippen molar-refractivity contribution in [2.45, 2.75) is 68.3 Å². The molecule has 0 saturated carbocycles. The van der Waals surface area contributed by atoms with Crippen molar-refractivity contribution in [1.82, 2.24) is 0 Å². The van der Waals surface area contributed by atoms with Gasteiger partial charge >= 0.3 is 0 Å². The average Bonchev–Trinajstić information content (AvgIpc) is 3.02. The van der Waals surface area contributed by atoms with Crippen LogP contribution in [0.15, 0.2) is 45.6 Å². The van der Waals surface area contributed by atoms with Gasteiger partial charge in [-0.15, -0.1) is 0 Å². The van der Waals surface area contributed by atoms with E-state index < -0.39 is 84.9 Å². The van der Waals surface area contributed by atoms with Crippen LogP contribution >= 0.6 is 0 Å². The minimum atomic E-state index is -1.93. The van der Waals surface area contributed by atoms with Crippen molar-refractivity contribution in [1.29, 1.82) is 0 Å². The van der Waals surface area contributed by atoms with Crippen LogP contribution in [0.4, 0.5) is 0 Å². The summed E-state index contributed by atoms with van der Waals surface area (Å²) in [6, 6.07) is 8.00. The summed E-state index contributed by atoms with van der Waals surface area (Å²) >= 11 is 0. The van der Waals surface area contributed by atoms with E-state index in [9.17, 15) is 45.6 Å². The summed E-state index contributed by atoms with van der Waals surface area (Å²) in [5.74, 6) is -1.68. The Morgan fingerprint density at radius 3 is 2.24 bits per heavy atom. The molecule has 1 aromatic heterocycles. The van der Waals surface area contributed by atoms with E-state index in [1.165, 1.54) is 43.3 Å². The summed E-state index contributed by atoms with van der Waals surface area (Å²) in [4.78, 5) is 13.7. The predicted molar refractivity (Wildman–Crippen MR) is 149 cm³/mol. The van der Waals surface area contributed by atoms with Crippen LogP contribution in [-0.4, -0.2) is 127 Å². The standard InChI is InChI=1S/C29H34O16/c1-11-19(33)22(36)24(38)28(42-11)41-10-17-20(34)23(37)25(39)29(44-17)45-27-21(35)18-13(31)3-2-4-16(18)43-26(27)12-5-6-15(14(32)9-12)40-8-7-30/h2-6,9,11,17,19-20,22-25,28-34,36-39H,7-8,10H2,1H3/t11-,17-,19-,20-,22+,23+,24+,25-,28-,29+/m1/s1. The molecule has 10 atom stereocenters. The minimum absolute atomic E-state index is 0.0190. The van der Waals surface area contributed by atoms with E-state index in [0.717, 1.165) is 0 Å². The third kappa shape index (κ3) is 6.43. The number of phenols is 2. The van der Waals surface area contributed by atoms with Crippen LogP contribution in [0.5, 0.6) is 23.0 Å². The molecule has 9 N–H and O–H groups in total. The maximum absolute atomic E-state index is 13.7. The molecule has 0 aliphatic carbocycles. The summed E-state index contributed by atoms with van der Waals surface area (Å²) in [7, 11) is 0. The zero-order valence-corrected chi connectivity index (χ0v) is 23.7. The van der Waals surface area contributed by atoms with Crippen LogP contribution in [0.3, 0.4) is 0 Å². The number of aliphatic hydroxyl groups is 7. The summed E-state index contributed by atoms with van der Waals surface area (Å²) < 4.78 is 33.4. The highest BCUT2D eigenvalue weighted by Crippen LogP contribution is 2.39. The maximum Gasteiger partial charge on any atom is 0.239 e. The molecule has 0 spiro atoms. The van der Waals surface area contributed by atoms with Crippen molar-refractivity contribution in [2.24, 2.45) is 0 Å². The summed E-state index contributed by atoms with van der Waals surface area (Å²) in [6.07, 6.45) is -15.9. The van der Waals surface area contributed by atoms with Gasteiger partial charge in [0, 0.05) is 5.56 Å². The van der Waals surface area contributed by atoms with Gasteiger partial charge in [0.25, 0.3) is 0 Å². The molecule has 3 heterocycles. The highest BCUT2D eigenvalue weighted by atomic mass is 16.7. The number of aliphatic hydroxyl groups excluding tert-OH is 7. The predicted octanol–water partition coefficient (Wildman–Crippen LogP) is -1.73. The fraction of sp³-hybridized carbons (Fsp3) is 0.483. The molecule has 0 amide bonds. The van der Waals surface area contributed by atoms with E-state index >= 15 is 0 Å². The first-order valence-electron chi connectivity index (χ1n) is 14.0. The molecule has 246 valence electrons. The molecule has 2 aliphatic heterocycles. The van der Waals surface area contributed by atoms with Crippen molar-refractivity contribution in [3.05, 3.63) is 46.6 Å². The fourth-order valence-electron chi connectivity index (χ4n) is 5.05. The second-order valence-corrected chi connectivity index (χ2v) is 10.6. The molecule has 45 heavy (non-hydrogen) atoms. The lowest BCUT2D eigenvalue weighted by atomic mass is 9.98. The number of rotatable bonds is 9. The molecule has 3 aromatic rings. The highest BCUT2D eigenvalue weighted by Gasteiger charge is 2.47. The van der Waals surface area contributed by atoms with E-state index in [2.05, 4.69) is 0 Å². The van der Waals surface area contributed by atoms with Gasteiger partial charge in [-0.05, 0) is 37.3 Å². The third-order valence-corrected chi connectivity index (χ3v) is 7.56. The third-order valence-electron chi connectivity index (χ3n) is 7.56. The maximum atomic E-state index is 13.7. The zero-order valence-electron chi connectivity index (χ0n) is 23.7. The number of hydrogen-bond acceptors (Lipinski definition) is 16. The van der Waals surface area contributed by atoms with E-state index in [-0.39, 0.29) is 47.0 Å². The lowest BCUT2D eigenvalue weighted by Gasteiger charge is -2.42. The second-order valence-electron chi connectivity index (χ2n) is 10.6. The normalized spacial score (nSPS) is 32.0. The van der Waals surface area contributed by atoms with Gasteiger partial charge in [-0.1, -0.05) is 6.07 Å². The Morgan fingerprint density at radius 2 is 1.53 bits per heavy atom. The van der Waals surface area contributed by atoms with Gasteiger partial charge in [0.1, 0.15) is 66.1 Å². The first kappa shape index (κ1) is 32.8. The van der Waals surface area contributed by atoms with Crippen molar-refractivity contribution in [2.75, 3.05) is 19.8 Å². The van der Waals surface area contributed by atoms with E-state index in [1.807, 2.05) is 0 Å². The summed E-state index contributed by atoms with van der Waals surface area (Å²) in [6.45, 7) is 0.448. The molecule has 0 unspecified atom stereocenters. The van der Waals surface area contributed by atoms with Gasteiger partial charge in [0.15, 0.2) is 23.5 Å². The Bertz CT molecular complexity index is 1540. The van der Waals surface area contributed by atoms with E-state index in [4.69, 9.17) is 33.2 Å². The Kier molecular flexibility index (Phi) is 9.80. The Labute approximate surface area is 254 Å². The topological polar surface area (TPSA) is 258 Å². The van der Waals surface area contributed by atoms with Gasteiger partial charge in [-0.25, -0.2) is 0 Å². The first-order valence-corrected chi connectivity index (χ1v) is 14.0. The van der Waals surface area contributed by atoms with Gasteiger partial charge in [0.2, 0.25) is 17.5 Å². The number of ether oxygens (including phenoxy) is 5. The molecule has 5 rings (SSSR count). The lowest BCUT2D eigenvalue weighted by molar-refractivity contribution is -0.318. The monoisotopic (exact) mass is 638 g/mol. The Morgan fingerprint density at radius 1 is 0.822 bits per heavy atom. The molecule has 16 nitrogen and oxygen atoms in total. The second kappa shape index (κ2) is 13.4. The number of benzene rings is 2. The molecular formula is C29H34O16. The molecule has 0 radical (unpaired) electrons. The summed E-state index contributed by atoms with van der Waals surface area (Å²) in [5.41, 5.74) is -0.874. The zero-order chi connectivity index (χ0) is 32.6. The molecular weight excluding hydrogens is 604 g/mol. The van der Waals surface area contributed by atoms with Gasteiger partial charge < -0.3 is 74.1 Å². The van der Waals surface area contributed by atoms with Crippen molar-refractivity contribution < 1.29 is 74.1 Å². The molecule has 16 heteroatoms. The van der Waals surface area contributed by atoms with Gasteiger partial charge in [0.05, 0.1) is 19.3 Å². The largest absolute Gasteiger partial charge is 0.507 e. The number of hydrogen-bond donors (Lipinski definition) is 9. The van der Waals surface area contributed by atoms with Crippen LogP contribution in [0.1, 0.15) is 6.92 Å². The summed E-state index contributed by atoms with van der Waals surface area (Å²) in [5, 5.41) is 91.7. The van der Waals surface area contributed by atoms with E-state index in [0.29, 0.717) is 0 Å². The molecule has 2 aromatic carbocycles. The number of phenolic OH excluding ortho intramolecular Hbond substituents is 2. The first-order chi connectivity index (χ1) is 21.4. The Balaban J connectivity index is 1.46. The van der Waals surface area contributed by atoms with Crippen molar-refractivity contribution >= 4 is 11.0 Å². The van der Waals surface area contributed by atoms with Crippen LogP contribution in [0.25, 0.3) is 22.3 Å². The van der Waals surface area contributed by atoms with Crippen LogP contribution in [0.2, 0.25) is 0 Å². The number of fused-ring (bicyclic) bond motifs is 1. The average molecular weight is 639 g/mol. The molecule has 2 saturated heterocycles. The van der Waals surface area contributed by atoms with E-state index in [1.54, 1.807) is 0 Å².